The maximum absolute atomic E-state index is 11.3. The molecular formula is C8H16N2O3. The number of nitrogens with zero attached hydrogens (tertiary/aromatic N) is 1. The minimum absolute atomic E-state index is 0.0891. The second kappa shape index (κ2) is 5.04. The summed E-state index contributed by atoms with van der Waals surface area (Å²) in [6.45, 7) is 2.81. The molecule has 0 radical (unpaired) electrons. The molecule has 1 unspecified atom stereocenters. The van der Waals surface area contributed by atoms with E-state index in [1.807, 2.05) is 0 Å². The largest absolute Gasteiger partial charge is 0.453 e. The van der Waals surface area contributed by atoms with E-state index < -0.39 is 0 Å². The Kier molecular flexibility index (Phi) is 3.98. The van der Waals surface area contributed by atoms with Gasteiger partial charge in [0, 0.05) is 26.7 Å². The van der Waals surface area contributed by atoms with E-state index in [1.54, 1.807) is 12.0 Å². The number of amides is 1. The molecule has 0 aromatic heterocycles. The molecule has 76 valence electrons. The zero-order chi connectivity index (χ0) is 9.68. The highest BCUT2D eigenvalue weighted by Crippen LogP contribution is 2.05. The highest BCUT2D eigenvalue weighted by Gasteiger charge is 2.26. The van der Waals surface area contributed by atoms with Crippen LogP contribution in [-0.4, -0.2) is 57.5 Å². The minimum atomic E-state index is -0.274. The van der Waals surface area contributed by atoms with Crippen LogP contribution in [0.2, 0.25) is 0 Å². The molecule has 1 rings (SSSR count). The number of rotatable bonds is 2. The van der Waals surface area contributed by atoms with E-state index in [2.05, 4.69) is 10.1 Å². The molecule has 1 N–H and O–H groups in total. The number of hydrogen-bond acceptors (Lipinski definition) is 4. The summed E-state index contributed by atoms with van der Waals surface area (Å²) in [5, 5.41) is 3.20. The van der Waals surface area contributed by atoms with Crippen LogP contribution in [0.5, 0.6) is 0 Å². The van der Waals surface area contributed by atoms with E-state index in [4.69, 9.17) is 4.74 Å². The number of nitrogens with one attached hydrogen (secondary N) is 1. The lowest BCUT2D eigenvalue weighted by Gasteiger charge is -2.34. The van der Waals surface area contributed by atoms with Crippen LogP contribution in [0.3, 0.4) is 0 Å². The molecule has 1 amide bonds. The first-order valence-corrected chi connectivity index (χ1v) is 4.34. The molecule has 0 aliphatic carbocycles. The van der Waals surface area contributed by atoms with Crippen LogP contribution >= 0.6 is 0 Å². The highest BCUT2D eigenvalue weighted by atomic mass is 16.5. The summed E-state index contributed by atoms with van der Waals surface area (Å²) in [5.41, 5.74) is 0. The maximum atomic E-state index is 11.3. The lowest BCUT2D eigenvalue weighted by atomic mass is 10.2. The van der Waals surface area contributed by atoms with Gasteiger partial charge in [0.05, 0.1) is 19.8 Å². The Hall–Kier alpha value is -0.810. The molecule has 0 aromatic carbocycles. The molecule has 1 fully saturated rings. The normalized spacial score (nSPS) is 22.9. The number of carbonyl (C=O) groups is 1. The van der Waals surface area contributed by atoms with Gasteiger partial charge in [0.25, 0.3) is 0 Å². The van der Waals surface area contributed by atoms with Crippen molar-refractivity contribution >= 4 is 6.09 Å². The molecule has 13 heavy (non-hydrogen) atoms. The molecule has 1 aliphatic rings. The third-order valence-electron chi connectivity index (χ3n) is 2.12. The van der Waals surface area contributed by atoms with Gasteiger partial charge in [0.1, 0.15) is 0 Å². The SMILES string of the molecule is COCC1CNCCN1C(=O)OC. The zero-order valence-electron chi connectivity index (χ0n) is 8.08. The molecule has 0 spiro atoms. The molecule has 1 saturated heterocycles. The number of hydrogen-bond donors (Lipinski definition) is 1. The molecule has 5 nitrogen and oxygen atoms in total. The Labute approximate surface area is 78.0 Å². The molecule has 1 heterocycles. The summed E-state index contributed by atoms with van der Waals surface area (Å²) < 4.78 is 9.69. The van der Waals surface area contributed by atoms with Gasteiger partial charge in [-0.3, -0.25) is 0 Å². The highest BCUT2D eigenvalue weighted by molar-refractivity contribution is 5.68. The fourth-order valence-corrected chi connectivity index (χ4v) is 1.46. The van der Waals surface area contributed by atoms with Crippen LogP contribution in [0, 0.1) is 0 Å². The summed E-state index contributed by atoms with van der Waals surface area (Å²) in [7, 11) is 3.03. The van der Waals surface area contributed by atoms with Crippen LogP contribution < -0.4 is 5.32 Å². The minimum Gasteiger partial charge on any atom is -0.453 e. The molecule has 5 heteroatoms. The van der Waals surface area contributed by atoms with Crippen molar-refractivity contribution in [2.24, 2.45) is 0 Å². The zero-order valence-corrected chi connectivity index (χ0v) is 8.08. The molecule has 1 aliphatic heterocycles. The monoisotopic (exact) mass is 188 g/mol. The smallest absolute Gasteiger partial charge is 0.409 e. The quantitative estimate of drug-likeness (QED) is 0.645. The Bertz CT molecular complexity index is 173. The number of ether oxygens (including phenoxy) is 2. The van der Waals surface area contributed by atoms with Gasteiger partial charge in [0.15, 0.2) is 0 Å². The van der Waals surface area contributed by atoms with Gasteiger partial charge in [-0.25, -0.2) is 4.79 Å². The van der Waals surface area contributed by atoms with Crippen molar-refractivity contribution in [1.82, 2.24) is 10.2 Å². The molecular weight excluding hydrogens is 172 g/mol. The van der Waals surface area contributed by atoms with Gasteiger partial charge in [-0.2, -0.15) is 0 Å². The van der Waals surface area contributed by atoms with Crippen molar-refractivity contribution in [2.75, 3.05) is 40.5 Å². The Balaban J connectivity index is 2.50. The predicted octanol–water partition coefficient (Wildman–Crippen LogP) is -0.327. The first-order chi connectivity index (χ1) is 6.29. The molecule has 0 bridgehead atoms. The van der Waals surface area contributed by atoms with Crippen LogP contribution in [0.1, 0.15) is 0 Å². The average molecular weight is 188 g/mol. The van der Waals surface area contributed by atoms with Crippen molar-refractivity contribution in [1.29, 1.82) is 0 Å². The van der Waals surface area contributed by atoms with E-state index in [9.17, 15) is 4.79 Å². The van der Waals surface area contributed by atoms with Crippen molar-refractivity contribution in [3.8, 4) is 0 Å². The third-order valence-corrected chi connectivity index (χ3v) is 2.12. The van der Waals surface area contributed by atoms with Gasteiger partial charge in [-0.15, -0.1) is 0 Å². The fourth-order valence-electron chi connectivity index (χ4n) is 1.46. The van der Waals surface area contributed by atoms with Crippen LogP contribution in [-0.2, 0) is 9.47 Å². The summed E-state index contributed by atoms with van der Waals surface area (Å²) in [6.07, 6.45) is -0.274. The van der Waals surface area contributed by atoms with Crippen molar-refractivity contribution in [3.63, 3.8) is 0 Å². The second-order valence-electron chi connectivity index (χ2n) is 2.98. The predicted molar refractivity (Wildman–Crippen MR) is 47.6 cm³/mol. The number of carbonyl (C=O) groups excluding carboxylic acids is 1. The molecule has 1 atom stereocenters. The molecule has 0 aromatic rings. The second-order valence-corrected chi connectivity index (χ2v) is 2.98. The topological polar surface area (TPSA) is 50.8 Å². The van der Waals surface area contributed by atoms with Crippen LogP contribution in [0.15, 0.2) is 0 Å². The Morgan fingerprint density at radius 2 is 2.38 bits per heavy atom. The lowest BCUT2D eigenvalue weighted by molar-refractivity contribution is 0.0582. The average Bonchev–Trinajstić information content (AvgIpc) is 2.18. The molecule has 0 saturated carbocycles. The summed E-state index contributed by atoms with van der Waals surface area (Å²) in [5.74, 6) is 0. The first kappa shape index (κ1) is 10.3. The van der Waals surface area contributed by atoms with Gasteiger partial charge < -0.3 is 19.7 Å². The number of methoxy groups -OCH3 is 2. The van der Waals surface area contributed by atoms with Crippen molar-refractivity contribution in [2.45, 2.75) is 6.04 Å². The third kappa shape index (κ3) is 2.57. The van der Waals surface area contributed by atoms with Crippen molar-refractivity contribution < 1.29 is 14.3 Å². The van der Waals surface area contributed by atoms with E-state index in [0.717, 1.165) is 13.1 Å². The van der Waals surface area contributed by atoms with E-state index in [0.29, 0.717) is 13.2 Å². The van der Waals surface area contributed by atoms with E-state index >= 15 is 0 Å². The van der Waals surface area contributed by atoms with Gasteiger partial charge in [0.2, 0.25) is 0 Å². The van der Waals surface area contributed by atoms with Crippen molar-refractivity contribution in [3.05, 3.63) is 0 Å². The van der Waals surface area contributed by atoms with Gasteiger partial charge in [-0.05, 0) is 0 Å². The summed E-state index contributed by atoms with van der Waals surface area (Å²) >= 11 is 0. The fraction of sp³-hybridized carbons (Fsp3) is 0.875. The van der Waals surface area contributed by atoms with Crippen LogP contribution in [0.4, 0.5) is 4.79 Å². The van der Waals surface area contributed by atoms with E-state index in [-0.39, 0.29) is 12.1 Å². The Morgan fingerprint density at radius 3 is 3.00 bits per heavy atom. The summed E-state index contributed by atoms with van der Waals surface area (Å²) in [6, 6.07) is 0.0891. The van der Waals surface area contributed by atoms with Crippen LogP contribution in [0.25, 0.3) is 0 Å². The van der Waals surface area contributed by atoms with Gasteiger partial charge in [-0.1, -0.05) is 0 Å². The summed E-state index contributed by atoms with van der Waals surface area (Å²) in [4.78, 5) is 13.0. The van der Waals surface area contributed by atoms with E-state index in [1.165, 1.54) is 7.11 Å². The number of piperazine rings is 1. The Morgan fingerprint density at radius 1 is 1.62 bits per heavy atom. The van der Waals surface area contributed by atoms with Gasteiger partial charge >= 0.3 is 6.09 Å². The first-order valence-electron chi connectivity index (χ1n) is 4.34. The lowest BCUT2D eigenvalue weighted by Crippen LogP contribution is -2.55. The standard InChI is InChI=1S/C8H16N2O3/c1-12-6-7-5-9-3-4-10(7)8(11)13-2/h7,9H,3-6H2,1-2H3. The maximum Gasteiger partial charge on any atom is 0.409 e.